The second-order valence-electron chi connectivity index (χ2n) is 4.00. The number of nitrogens with one attached hydrogen (secondary N) is 2. The maximum atomic E-state index is 12.0. The molecule has 0 amide bonds. The number of sulfonamides is 1. The Kier molecular flexibility index (Phi) is 5.58. The lowest BCUT2D eigenvalue weighted by Crippen LogP contribution is -2.28. The SMILES string of the molecule is COCC(Cl)CCNS(=O)(=O)c1c(C)n[nH]c1C. The Labute approximate surface area is 112 Å². The van der Waals surface area contributed by atoms with Crippen LogP contribution in [0.5, 0.6) is 0 Å². The van der Waals surface area contributed by atoms with E-state index in [4.69, 9.17) is 16.3 Å². The summed E-state index contributed by atoms with van der Waals surface area (Å²) < 4.78 is 31.4. The molecular formula is C10H18ClN3O3S. The van der Waals surface area contributed by atoms with Crippen LogP contribution in [0.1, 0.15) is 17.8 Å². The van der Waals surface area contributed by atoms with Gasteiger partial charge in [0.15, 0.2) is 0 Å². The Hall–Kier alpha value is -0.630. The first-order valence-electron chi connectivity index (χ1n) is 5.52. The van der Waals surface area contributed by atoms with Gasteiger partial charge in [-0.15, -0.1) is 11.6 Å². The molecule has 1 heterocycles. The van der Waals surface area contributed by atoms with Crippen LogP contribution in [0.25, 0.3) is 0 Å². The topological polar surface area (TPSA) is 84.1 Å². The number of alkyl halides is 1. The molecule has 0 spiro atoms. The molecule has 104 valence electrons. The average molecular weight is 296 g/mol. The highest BCUT2D eigenvalue weighted by molar-refractivity contribution is 7.89. The van der Waals surface area contributed by atoms with Crippen LogP contribution in [0.4, 0.5) is 0 Å². The third kappa shape index (κ3) is 3.94. The number of H-pyrrole nitrogens is 1. The van der Waals surface area contributed by atoms with E-state index in [2.05, 4.69) is 14.9 Å². The first-order chi connectivity index (χ1) is 8.38. The highest BCUT2D eigenvalue weighted by Gasteiger charge is 2.21. The van der Waals surface area contributed by atoms with E-state index >= 15 is 0 Å². The van der Waals surface area contributed by atoms with Crippen molar-refractivity contribution < 1.29 is 13.2 Å². The van der Waals surface area contributed by atoms with Crippen molar-refractivity contribution in [2.75, 3.05) is 20.3 Å². The second-order valence-corrected chi connectivity index (χ2v) is 6.32. The van der Waals surface area contributed by atoms with Crippen molar-refractivity contribution in [3.63, 3.8) is 0 Å². The first kappa shape index (κ1) is 15.4. The maximum Gasteiger partial charge on any atom is 0.244 e. The Morgan fingerprint density at radius 3 is 2.67 bits per heavy atom. The Morgan fingerprint density at radius 1 is 1.50 bits per heavy atom. The Bertz CT molecular complexity index is 467. The van der Waals surface area contributed by atoms with Gasteiger partial charge in [-0.25, -0.2) is 13.1 Å². The van der Waals surface area contributed by atoms with Gasteiger partial charge in [0, 0.05) is 13.7 Å². The molecular weight excluding hydrogens is 278 g/mol. The molecule has 6 nitrogen and oxygen atoms in total. The fraction of sp³-hybridized carbons (Fsp3) is 0.700. The molecule has 1 atom stereocenters. The molecule has 0 saturated heterocycles. The number of ether oxygens (including phenoxy) is 1. The van der Waals surface area contributed by atoms with Crippen molar-refractivity contribution in [3.8, 4) is 0 Å². The van der Waals surface area contributed by atoms with Crippen LogP contribution < -0.4 is 4.72 Å². The van der Waals surface area contributed by atoms with Crippen molar-refractivity contribution in [1.82, 2.24) is 14.9 Å². The molecule has 0 aliphatic rings. The van der Waals surface area contributed by atoms with Crippen LogP contribution in [0.2, 0.25) is 0 Å². The molecule has 0 aliphatic carbocycles. The van der Waals surface area contributed by atoms with E-state index in [1.165, 1.54) is 0 Å². The van der Waals surface area contributed by atoms with E-state index in [1.807, 2.05) is 0 Å². The van der Waals surface area contributed by atoms with Crippen molar-refractivity contribution in [3.05, 3.63) is 11.4 Å². The lowest BCUT2D eigenvalue weighted by atomic mass is 10.3. The zero-order valence-corrected chi connectivity index (χ0v) is 12.2. The van der Waals surface area contributed by atoms with E-state index < -0.39 is 10.0 Å². The molecule has 0 aliphatic heterocycles. The van der Waals surface area contributed by atoms with E-state index in [1.54, 1.807) is 21.0 Å². The predicted molar refractivity (Wildman–Crippen MR) is 69.4 cm³/mol. The lowest BCUT2D eigenvalue weighted by Gasteiger charge is -2.10. The van der Waals surface area contributed by atoms with Crippen molar-refractivity contribution in [2.24, 2.45) is 0 Å². The number of nitrogens with zero attached hydrogens (tertiary/aromatic N) is 1. The van der Waals surface area contributed by atoms with Gasteiger partial charge in [-0.1, -0.05) is 0 Å². The fourth-order valence-corrected chi connectivity index (χ4v) is 3.27. The first-order valence-corrected chi connectivity index (χ1v) is 7.44. The minimum atomic E-state index is -3.53. The summed E-state index contributed by atoms with van der Waals surface area (Å²) in [4.78, 5) is 0.209. The van der Waals surface area contributed by atoms with E-state index in [9.17, 15) is 8.42 Å². The van der Waals surface area contributed by atoms with Gasteiger partial charge in [-0.05, 0) is 20.3 Å². The maximum absolute atomic E-state index is 12.0. The van der Waals surface area contributed by atoms with Gasteiger partial charge in [0.25, 0.3) is 0 Å². The van der Waals surface area contributed by atoms with Crippen LogP contribution in [0, 0.1) is 13.8 Å². The van der Waals surface area contributed by atoms with E-state index in [-0.39, 0.29) is 16.8 Å². The highest BCUT2D eigenvalue weighted by atomic mass is 35.5. The van der Waals surface area contributed by atoms with Crippen LogP contribution in [-0.4, -0.2) is 44.3 Å². The summed E-state index contributed by atoms with van der Waals surface area (Å²) in [5.74, 6) is 0. The van der Waals surface area contributed by atoms with Gasteiger partial charge in [-0.3, -0.25) is 5.10 Å². The quantitative estimate of drug-likeness (QED) is 0.734. The number of methoxy groups -OCH3 is 1. The molecule has 0 aromatic carbocycles. The molecule has 0 bridgehead atoms. The number of halogens is 1. The number of aromatic amines is 1. The minimum Gasteiger partial charge on any atom is -0.383 e. The van der Waals surface area contributed by atoms with Gasteiger partial charge in [0.2, 0.25) is 10.0 Å². The minimum absolute atomic E-state index is 0.204. The standard InChI is InChI=1S/C10H18ClN3O3S/c1-7-10(8(2)14-13-7)18(15,16)12-5-4-9(11)6-17-3/h9,12H,4-6H2,1-3H3,(H,13,14). The summed E-state index contributed by atoms with van der Waals surface area (Å²) >= 11 is 5.92. The van der Waals surface area contributed by atoms with Crippen molar-refractivity contribution in [2.45, 2.75) is 30.5 Å². The lowest BCUT2D eigenvalue weighted by molar-refractivity contribution is 0.196. The molecule has 1 unspecified atom stereocenters. The second kappa shape index (κ2) is 6.51. The van der Waals surface area contributed by atoms with Gasteiger partial charge >= 0.3 is 0 Å². The number of hydrogen-bond acceptors (Lipinski definition) is 4. The molecule has 0 fully saturated rings. The zero-order valence-electron chi connectivity index (χ0n) is 10.7. The van der Waals surface area contributed by atoms with Crippen LogP contribution in [0.3, 0.4) is 0 Å². The fourth-order valence-electron chi connectivity index (χ4n) is 1.62. The largest absolute Gasteiger partial charge is 0.383 e. The summed E-state index contributed by atoms with van der Waals surface area (Å²) in [6, 6.07) is 0. The Balaban J connectivity index is 2.61. The monoisotopic (exact) mass is 295 g/mol. The molecule has 0 saturated carbocycles. The predicted octanol–water partition coefficient (Wildman–Crippen LogP) is 0.949. The number of aromatic nitrogens is 2. The van der Waals surface area contributed by atoms with Gasteiger partial charge in [0.1, 0.15) is 4.90 Å². The van der Waals surface area contributed by atoms with Gasteiger partial charge < -0.3 is 4.74 Å². The molecule has 1 aromatic rings. The third-order valence-electron chi connectivity index (χ3n) is 2.43. The summed E-state index contributed by atoms with van der Waals surface area (Å²) in [5, 5.41) is 6.31. The van der Waals surface area contributed by atoms with Gasteiger partial charge in [-0.2, -0.15) is 5.10 Å². The Morgan fingerprint density at radius 2 is 2.17 bits per heavy atom. The molecule has 0 radical (unpaired) electrons. The smallest absolute Gasteiger partial charge is 0.244 e. The van der Waals surface area contributed by atoms with Crippen LogP contribution >= 0.6 is 11.6 Å². The normalized spacial score (nSPS) is 13.8. The van der Waals surface area contributed by atoms with E-state index in [0.29, 0.717) is 24.4 Å². The molecule has 2 N–H and O–H groups in total. The molecule has 18 heavy (non-hydrogen) atoms. The van der Waals surface area contributed by atoms with Crippen LogP contribution in [0.15, 0.2) is 4.90 Å². The molecule has 8 heteroatoms. The van der Waals surface area contributed by atoms with Gasteiger partial charge in [0.05, 0.1) is 23.4 Å². The summed E-state index contributed by atoms with van der Waals surface area (Å²) in [6.45, 7) is 3.98. The highest BCUT2D eigenvalue weighted by Crippen LogP contribution is 2.16. The summed E-state index contributed by atoms with van der Waals surface area (Å²) in [6.07, 6.45) is 0.505. The summed E-state index contributed by atoms with van der Waals surface area (Å²) in [5.41, 5.74) is 0.985. The number of rotatable bonds is 7. The molecule has 1 aromatic heterocycles. The van der Waals surface area contributed by atoms with Crippen molar-refractivity contribution >= 4 is 21.6 Å². The van der Waals surface area contributed by atoms with E-state index in [0.717, 1.165) is 0 Å². The molecule has 1 rings (SSSR count). The zero-order chi connectivity index (χ0) is 13.8. The van der Waals surface area contributed by atoms with Crippen molar-refractivity contribution in [1.29, 1.82) is 0 Å². The number of hydrogen-bond donors (Lipinski definition) is 2. The third-order valence-corrected chi connectivity index (χ3v) is 4.49. The average Bonchev–Trinajstić information content (AvgIpc) is 2.59. The number of aryl methyl sites for hydroxylation is 2. The summed E-state index contributed by atoms with van der Waals surface area (Å²) in [7, 11) is -1.98. The van der Waals surface area contributed by atoms with Crippen LogP contribution in [-0.2, 0) is 14.8 Å².